The molecule has 1 heterocycles. The van der Waals surface area contributed by atoms with Gasteiger partial charge in [0.05, 0.1) is 12.1 Å². The number of para-hydroxylation sites is 1. The Balaban J connectivity index is 1.54. The highest BCUT2D eigenvalue weighted by atomic mass is 19.1. The van der Waals surface area contributed by atoms with Crippen LogP contribution in [-0.2, 0) is 4.79 Å². The van der Waals surface area contributed by atoms with Crippen molar-refractivity contribution in [2.75, 3.05) is 6.61 Å². The van der Waals surface area contributed by atoms with E-state index < -0.39 is 11.7 Å². The minimum Gasteiger partial charge on any atom is -0.478 e. The zero-order chi connectivity index (χ0) is 18.6. The molecule has 138 valence electrons. The molecule has 0 atom stereocenters. The SMILES string of the molecule is NC(=O)C=CC(F)=CCCCCCCCOc1ccc2ccccc2n1. The third-order valence-corrected chi connectivity index (χ3v) is 3.92. The number of hydrogen-bond donors (Lipinski definition) is 1. The minimum absolute atomic E-state index is 0.417. The summed E-state index contributed by atoms with van der Waals surface area (Å²) in [5.41, 5.74) is 5.84. The van der Waals surface area contributed by atoms with Gasteiger partial charge in [-0.25, -0.2) is 9.37 Å². The fourth-order valence-electron chi connectivity index (χ4n) is 2.55. The van der Waals surface area contributed by atoms with Crippen LogP contribution in [0.4, 0.5) is 4.39 Å². The third-order valence-electron chi connectivity index (χ3n) is 3.92. The van der Waals surface area contributed by atoms with E-state index >= 15 is 0 Å². The molecule has 5 heteroatoms. The zero-order valence-electron chi connectivity index (χ0n) is 14.9. The van der Waals surface area contributed by atoms with Gasteiger partial charge in [0, 0.05) is 17.5 Å². The molecule has 0 unspecified atom stereocenters. The number of hydrogen-bond acceptors (Lipinski definition) is 3. The van der Waals surface area contributed by atoms with Gasteiger partial charge in [0.2, 0.25) is 11.8 Å². The van der Waals surface area contributed by atoms with Crippen molar-refractivity contribution < 1.29 is 13.9 Å². The molecule has 0 fully saturated rings. The number of aromatic nitrogens is 1. The van der Waals surface area contributed by atoms with E-state index in [1.165, 1.54) is 6.08 Å². The molecule has 0 bridgehead atoms. The van der Waals surface area contributed by atoms with E-state index in [1.54, 1.807) is 0 Å². The fraction of sp³-hybridized carbons (Fsp3) is 0.333. The van der Waals surface area contributed by atoms with Gasteiger partial charge in [-0.1, -0.05) is 37.5 Å². The van der Waals surface area contributed by atoms with Crippen LogP contribution in [0.1, 0.15) is 38.5 Å². The molecule has 2 aromatic rings. The van der Waals surface area contributed by atoms with Crippen LogP contribution in [0.3, 0.4) is 0 Å². The number of carbonyl (C=O) groups is 1. The number of allylic oxidation sites excluding steroid dienone is 3. The Morgan fingerprint density at radius 1 is 1.04 bits per heavy atom. The quantitative estimate of drug-likeness (QED) is 0.356. The predicted molar refractivity (Wildman–Crippen MR) is 102 cm³/mol. The van der Waals surface area contributed by atoms with Gasteiger partial charge in [-0.15, -0.1) is 0 Å². The summed E-state index contributed by atoms with van der Waals surface area (Å²) in [4.78, 5) is 15.0. The number of rotatable bonds is 11. The van der Waals surface area contributed by atoms with E-state index in [2.05, 4.69) is 4.98 Å². The lowest BCUT2D eigenvalue weighted by Gasteiger charge is -2.06. The highest BCUT2D eigenvalue weighted by molar-refractivity contribution is 5.86. The van der Waals surface area contributed by atoms with Gasteiger partial charge < -0.3 is 10.5 Å². The molecular weight excluding hydrogens is 331 g/mol. The molecule has 0 aliphatic carbocycles. The molecule has 2 rings (SSSR count). The van der Waals surface area contributed by atoms with Crippen LogP contribution in [0.2, 0.25) is 0 Å². The summed E-state index contributed by atoms with van der Waals surface area (Å²) in [5, 5.41) is 1.11. The number of halogens is 1. The Labute approximate surface area is 153 Å². The van der Waals surface area contributed by atoms with Gasteiger partial charge in [0.1, 0.15) is 5.83 Å². The van der Waals surface area contributed by atoms with Crippen molar-refractivity contribution in [3.05, 3.63) is 60.5 Å². The highest BCUT2D eigenvalue weighted by Crippen LogP contribution is 2.16. The fourth-order valence-corrected chi connectivity index (χ4v) is 2.55. The average molecular weight is 356 g/mol. The first-order chi connectivity index (χ1) is 12.6. The number of carbonyl (C=O) groups excluding carboxylic acids is 1. The van der Waals surface area contributed by atoms with Crippen molar-refractivity contribution in [1.29, 1.82) is 0 Å². The Morgan fingerprint density at radius 2 is 1.81 bits per heavy atom. The largest absolute Gasteiger partial charge is 0.478 e. The van der Waals surface area contributed by atoms with E-state index in [1.807, 2.05) is 36.4 Å². The van der Waals surface area contributed by atoms with Crippen molar-refractivity contribution in [2.24, 2.45) is 5.73 Å². The molecule has 1 amide bonds. The van der Waals surface area contributed by atoms with Crippen LogP contribution in [0.5, 0.6) is 5.88 Å². The molecule has 2 N–H and O–H groups in total. The molecule has 1 aromatic carbocycles. The maximum absolute atomic E-state index is 13.2. The van der Waals surface area contributed by atoms with E-state index in [9.17, 15) is 9.18 Å². The van der Waals surface area contributed by atoms with Crippen molar-refractivity contribution in [3.63, 3.8) is 0 Å². The van der Waals surface area contributed by atoms with Crippen molar-refractivity contribution in [3.8, 4) is 5.88 Å². The number of amides is 1. The van der Waals surface area contributed by atoms with E-state index in [-0.39, 0.29) is 0 Å². The Morgan fingerprint density at radius 3 is 2.65 bits per heavy atom. The topological polar surface area (TPSA) is 65.2 Å². The monoisotopic (exact) mass is 356 g/mol. The number of nitrogens with two attached hydrogens (primary N) is 1. The summed E-state index contributed by atoms with van der Waals surface area (Å²) in [6.07, 6.45) is 9.35. The molecule has 0 aliphatic heterocycles. The second-order valence-electron chi connectivity index (χ2n) is 6.07. The smallest absolute Gasteiger partial charge is 0.241 e. The molecule has 0 radical (unpaired) electrons. The van der Waals surface area contributed by atoms with Crippen LogP contribution in [0.15, 0.2) is 60.5 Å². The Kier molecular flexibility index (Phi) is 8.33. The molecule has 0 spiro atoms. The molecular formula is C21H25FN2O2. The number of pyridine rings is 1. The lowest BCUT2D eigenvalue weighted by Crippen LogP contribution is -2.05. The molecule has 4 nitrogen and oxygen atoms in total. The first kappa shape index (κ1) is 19.6. The van der Waals surface area contributed by atoms with Crippen LogP contribution in [0, 0.1) is 0 Å². The summed E-state index contributed by atoms with van der Waals surface area (Å²) in [7, 11) is 0. The van der Waals surface area contributed by atoms with Crippen LogP contribution in [-0.4, -0.2) is 17.5 Å². The molecule has 0 saturated heterocycles. The van der Waals surface area contributed by atoms with Crippen LogP contribution >= 0.6 is 0 Å². The Hall–Kier alpha value is -2.69. The standard InChI is InChI=1S/C21H25FN2O2/c22-18(13-14-20(23)25)10-5-3-1-2-4-8-16-26-21-15-12-17-9-6-7-11-19(17)24-21/h6-7,9-15H,1-5,8,16H2,(H2,23,25). The zero-order valence-corrected chi connectivity index (χ0v) is 14.9. The van der Waals surface area contributed by atoms with E-state index in [0.29, 0.717) is 18.9 Å². The number of fused-ring (bicyclic) bond motifs is 1. The summed E-state index contributed by atoms with van der Waals surface area (Å²) >= 11 is 0. The van der Waals surface area contributed by atoms with Crippen LogP contribution in [0.25, 0.3) is 10.9 Å². The second-order valence-corrected chi connectivity index (χ2v) is 6.07. The predicted octanol–water partition coefficient (Wildman–Crippen LogP) is 4.85. The maximum atomic E-state index is 13.2. The molecule has 1 aromatic heterocycles. The number of unbranched alkanes of at least 4 members (excludes halogenated alkanes) is 5. The number of benzene rings is 1. The van der Waals surface area contributed by atoms with Gasteiger partial charge in [0.25, 0.3) is 0 Å². The van der Waals surface area contributed by atoms with E-state index in [0.717, 1.165) is 55.2 Å². The molecule has 0 saturated carbocycles. The number of ether oxygens (including phenoxy) is 1. The summed E-state index contributed by atoms with van der Waals surface area (Å²) in [6.45, 7) is 0.651. The van der Waals surface area contributed by atoms with Gasteiger partial charge in [0.15, 0.2) is 0 Å². The number of nitrogens with zero attached hydrogens (tertiary/aromatic N) is 1. The van der Waals surface area contributed by atoms with Crippen molar-refractivity contribution in [2.45, 2.75) is 38.5 Å². The minimum atomic E-state index is -0.644. The van der Waals surface area contributed by atoms with E-state index in [4.69, 9.17) is 10.5 Å². The first-order valence-electron chi connectivity index (χ1n) is 8.97. The summed E-state index contributed by atoms with van der Waals surface area (Å²) in [6, 6.07) is 11.9. The van der Waals surface area contributed by atoms with Gasteiger partial charge in [-0.2, -0.15) is 0 Å². The highest BCUT2D eigenvalue weighted by Gasteiger charge is 1.99. The second kappa shape index (κ2) is 11.0. The lowest BCUT2D eigenvalue weighted by atomic mass is 10.1. The average Bonchev–Trinajstić information content (AvgIpc) is 2.65. The van der Waals surface area contributed by atoms with Gasteiger partial charge >= 0.3 is 0 Å². The normalized spacial score (nSPS) is 12.0. The van der Waals surface area contributed by atoms with Gasteiger partial charge in [-0.05, 0) is 43.5 Å². The van der Waals surface area contributed by atoms with Gasteiger partial charge in [-0.3, -0.25) is 4.79 Å². The van der Waals surface area contributed by atoms with Crippen molar-refractivity contribution in [1.82, 2.24) is 4.98 Å². The lowest BCUT2D eigenvalue weighted by molar-refractivity contribution is -0.113. The molecule has 26 heavy (non-hydrogen) atoms. The maximum Gasteiger partial charge on any atom is 0.241 e. The van der Waals surface area contributed by atoms with Crippen LogP contribution < -0.4 is 10.5 Å². The summed E-state index contributed by atoms with van der Waals surface area (Å²) in [5.74, 6) is -0.400. The van der Waals surface area contributed by atoms with Crippen molar-refractivity contribution >= 4 is 16.8 Å². The molecule has 0 aliphatic rings. The Bertz CT molecular complexity index is 771. The number of primary amides is 1. The summed E-state index contributed by atoms with van der Waals surface area (Å²) < 4.78 is 18.9. The first-order valence-corrected chi connectivity index (χ1v) is 8.97. The third kappa shape index (κ3) is 7.47.